The molecule has 1 fully saturated rings. The van der Waals surface area contributed by atoms with Crippen LogP contribution in [0.15, 0.2) is 12.4 Å². The average molecular weight is 230 g/mol. The van der Waals surface area contributed by atoms with Crippen molar-refractivity contribution in [1.82, 2.24) is 4.98 Å². The number of halogens is 2. The highest BCUT2D eigenvalue weighted by Crippen LogP contribution is 2.39. The van der Waals surface area contributed by atoms with Gasteiger partial charge in [-0.2, -0.15) is 0 Å². The number of Topliss-reactive ketones (excluding diaryl/α,β-unsaturated/α-hetero) is 1. The highest BCUT2D eigenvalue weighted by Gasteiger charge is 2.27. The Morgan fingerprint density at radius 2 is 1.93 bits per heavy atom. The maximum absolute atomic E-state index is 11.1. The van der Waals surface area contributed by atoms with E-state index in [9.17, 15) is 4.79 Å². The number of aromatic nitrogens is 1. The molecule has 4 heteroatoms. The number of hydrogen-bond acceptors (Lipinski definition) is 2. The summed E-state index contributed by atoms with van der Waals surface area (Å²) in [6.45, 7) is 0. The molecule has 0 radical (unpaired) electrons. The van der Waals surface area contributed by atoms with Crippen LogP contribution in [0.5, 0.6) is 0 Å². The molecule has 1 atom stereocenters. The summed E-state index contributed by atoms with van der Waals surface area (Å²) in [6, 6.07) is 0. The molecule has 1 aliphatic rings. The van der Waals surface area contributed by atoms with Gasteiger partial charge in [-0.25, -0.2) is 0 Å². The monoisotopic (exact) mass is 229 g/mol. The zero-order valence-corrected chi connectivity index (χ0v) is 8.98. The van der Waals surface area contributed by atoms with Crippen LogP contribution in [0, 0.1) is 0 Å². The van der Waals surface area contributed by atoms with Crippen LogP contribution >= 0.6 is 23.2 Å². The minimum absolute atomic E-state index is 0.186. The summed E-state index contributed by atoms with van der Waals surface area (Å²) in [6.07, 6.45) is 5.20. The van der Waals surface area contributed by atoms with E-state index in [0.717, 1.165) is 12.0 Å². The van der Waals surface area contributed by atoms with Crippen molar-refractivity contribution in [2.45, 2.75) is 25.2 Å². The van der Waals surface area contributed by atoms with Crippen molar-refractivity contribution in [3.8, 4) is 0 Å². The molecule has 2 nitrogen and oxygen atoms in total. The van der Waals surface area contributed by atoms with E-state index < -0.39 is 0 Å². The number of carbonyl (C=O) groups is 1. The molecule has 0 N–H and O–H groups in total. The second-order valence-electron chi connectivity index (χ2n) is 3.50. The highest BCUT2D eigenvalue weighted by atomic mass is 35.5. The SMILES string of the molecule is O=C1CCC(c2c(Cl)cncc2Cl)C1. The minimum Gasteiger partial charge on any atom is -0.300 e. The van der Waals surface area contributed by atoms with Crippen molar-refractivity contribution >= 4 is 29.0 Å². The molecule has 14 heavy (non-hydrogen) atoms. The van der Waals surface area contributed by atoms with E-state index >= 15 is 0 Å². The quantitative estimate of drug-likeness (QED) is 0.741. The Labute approximate surface area is 92.2 Å². The molecule has 1 aliphatic carbocycles. The van der Waals surface area contributed by atoms with Crippen molar-refractivity contribution in [1.29, 1.82) is 0 Å². The van der Waals surface area contributed by atoms with Crippen LogP contribution in [0.1, 0.15) is 30.7 Å². The summed E-state index contributed by atoms with van der Waals surface area (Å²) >= 11 is 12.0. The van der Waals surface area contributed by atoms with Gasteiger partial charge in [-0.1, -0.05) is 23.2 Å². The van der Waals surface area contributed by atoms with E-state index in [1.165, 1.54) is 0 Å². The van der Waals surface area contributed by atoms with Crippen molar-refractivity contribution in [3.63, 3.8) is 0 Å². The Morgan fingerprint density at radius 1 is 1.29 bits per heavy atom. The third-order valence-corrected chi connectivity index (χ3v) is 3.15. The summed E-state index contributed by atoms with van der Waals surface area (Å²) < 4.78 is 0. The lowest BCUT2D eigenvalue weighted by Gasteiger charge is -2.11. The van der Waals surface area contributed by atoms with Gasteiger partial charge in [-0.3, -0.25) is 9.78 Å². The molecule has 0 amide bonds. The van der Waals surface area contributed by atoms with Gasteiger partial charge in [-0.15, -0.1) is 0 Å². The Kier molecular flexibility index (Phi) is 2.75. The van der Waals surface area contributed by atoms with Crippen LogP contribution in [0.25, 0.3) is 0 Å². The van der Waals surface area contributed by atoms with E-state index in [4.69, 9.17) is 23.2 Å². The Hall–Kier alpha value is -0.600. The van der Waals surface area contributed by atoms with Gasteiger partial charge in [0, 0.05) is 25.2 Å². The molecule has 0 spiro atoms. The first-order valence-electron chi connectivity index (χ1n) is 4.49. The maximum Gasteiger partial charge on any atom is 0.133 e. The van der Waals surface area contributed by atoms with Crippen LogP contribution in [0.3, 0.4) is 0 Å². The predicted molar refractivity (Wildman–Crippen MR) is 55.9 cm³/mol. The average Bonchev–Trinajstić information content (AvgIpc) is 2.51. The smallest absolute Gasteiger partial charge is 0.133 e. The first-order chi connectivity index (χ1) is 6.68. The second-order valence-corrected chi connectivity index (χ2v) is 4.31. The minimum atomic E-state index is 0.186. The van der Waals surface area contributed by atoms with Crippen molar-refractivity contribution in [2.75, 3.05) is 0 Å². The highest BCUT2D eigenvalue weighted by molar-refractivity contribution is 6.35. The number of nitrogens with zero attached hydrogens (tertiary/aromatic N) is 1. The van der Waals surface area contributed by atoms with Crippen LogP contribution in [-0.4, -0.2) is 10.8 Å². The molecular weight excluding hydrogens is 221 g/mol. The summed E-state index contributed by atoms with van der Waals surface area (Å²) in [7, 11) is 0. The Bertz CT molecular complexity index is 358. The molecule has 1 aromatic rings. The Morgan fingerprint density at radius 3 is 2.43 bits per heavy atom. The summed E-state index contributed by atoms with van der Waals surface area (Å²) in [5.74, 6) is 0.476. The largest absolute Gasteiger partial charge is 0.300 e. The number of pyridine rings is 1. The number of carbonyl (C=O) groups excluding carboxylic acids is 1. The third-order valence-electron chi connectivity index (χ3n) is 2.54. The van der Waals surface area contributed by atoms with E-state index in [0.29, 0.717) is 28.7 Å². The predicted octanol–water partition coefficient (Wildman–Crippen LogP) is 3.23. The summed E-state index contributed by atoms with van der Waals surface area (Å²) in [5.41, 5.74) is 0.884. The van der Waals surface area contributed by atoms with Gasteiger partial charge in [-0.05, 0) is 17.9 Å². The van der Waals surface area contributed by atoms with E-state index in [-0.39, 0.29) is 5.92 Å². The molecule has 1 aromatic heterocycles. The van der Waals surface area contributed by atoms with Crippen LogP contribution in [0.2, 0.25) is 10.0 Å². The molecule has 2 rings (SSSR count). The van der Waals surface area contributed by atoms with Gasteiger partial charge >= 0.3 is 0 Å². The van der Waals surface area contributed by atoms with Crippen LogP contribution < -0.4 is 0 Å². The van der Waals surface area contributed by atoms with E-state index in [1.807, 2.05) is 0 Å². The van der Waals surface area contributed by atoms with Crippen molar-refractivity contribution < 1.29 is 4.79 Å². The third kappa shape index (κ3) is 1.77. The van der Waals surface area contributed by atoms with Gasteiger partial charge in [0.05, 0.1) is 10.0 Å². The number of hydrogen-bond donors (Lipinski definition) is 0. The Balaban J connectivity index is 2.36. The van der Waals surface area contributed by atoms with Gasteiger partial charge in [0.15, 0.2) is 0 Å². The molecule has 1 saturated carbocycles. The molecule has 1 heterocycles. The number of ketones is 1. The number of rotatable bonds is 1. The summed E-state index contributed by atoms with van der Waals surface area (Å²) in [5, 5.41) is 1.13. The first-order valence-corrected chi connectivity index (χ1v) is 5.24. The second kappa shape index (κ2) is 3.87. The molecular formula is C10H9Cl2NO. The summed E-state index contributed by atoms with van der Waals surface area (Å²) in [4.78, 5) is 15.0. The zero-order valence-electron chi connectivity index (χ0n) is 7.46. The molecule has 0 saturated heterocycles. The fourth-order valence-corrected chi connectivity index (χ4v) is 2.55. The molecule has 0 aromatic carbocycles. The van der Waals surface area contributed by atoms with E-state index in [1.54, 1.807) is 12.4 Å². The standard InChI is InChI=1S/C10H9Cl2NO/c11-8-4-13-5-9(12)10(8)6-1-2-7(14)3-6/h4-6H,1-3H2. The fourth-order valence-electron chi connectivity index (χ4n) is 1.87. The van der Waals surface area contributed by atoms with Crippen molar-refractivity contribution in [2.24, 2.45) is 0 Å². The fraction of sp³-hybridized carbons (Fsp3) is 0.400. The normalized spacial score (nSPS) is 21.6. The van der Waals surface area contributed by atoms with Gasteiger partial charge in [0.2, 0.25) is 0 Å². The van der Waals surface area contributed by atoms with E-state index in [2.05, 4.69) is 4.98 Å². The zero-order chi connectivity index (χ0) is 10.1. The van der Waals surface area contributed by atoms with Gasteiger partial charge in [0.1, 0.15) is 5.78 Å². The molecule has 0 aliphatic heterocycles. The van der Waals surface area contributed by atoms with Crippen LogP contribution in [-0.2, 0) is 4.79 Å². The van der Waals surface area contributed by atoms with Gasteiger partial charge in [0.25, 0.3) is 0 Å². The van der Waals surface area contributed by atoms with Crippen LogP contribution in [0.4, 0.5) is 0 Å². The van der Waals surface area contributed by atoms with Crippen molar-refractivity contribution in [3.05, 3.63) is 28.0 Å². The first kappa shape index (κ1) is 9.94. The maximum atomic E-state index is 11.1. The molecule has 1 unspecified atom stereocenters. The topological polar surface area (TPSA) is 30.0 Å². The lowest BCUT2D eigenvalue weighted by atomic mass is 9.99. The lowest BCUT2D eigenvalue weighted by molar-refractivity contribution is -0.117. The van der Waals surface area contributed by atoms with Gasteiger partial charge < -0.3 is 0 Å². The molecule has 74 valence electrons. The lowest BCUT2D eigenvalue weighted by Crippen LogP contribution is -1.97. The molecule has 0 bridgehead atoms.